The largest absolute Gasteiger partial charge is 0.456 e. The first-order chi connectivity index (χ1) is 25.3. The van der Waals surface area contributed by atoms with Gasteiger partial charge in [0.05, 0.1) is 22.1 Å². The van der Waals surface area contributed by atoms with Gasteiger partial charge in [-0.3, -0.25) is 0 Å². The lowest BCUT2D eigenvalue weighted by Gasteiger charge is -2.09. The average molecular weight is 653 g/mol. The summed E-state index contributed by atoms with van der Waals surface area (Å²) in [5.41, 5.74) is 11.6. The van der Waals surface area contributed by atoms with Gasteiger partial charge in [-0.1, -0.05) is 84.9 Å². The van der Waals surface area contributed by atoms with Gasteiger partial charge in [0, 0.05) is 73.3 Å². The molecule has 0 aliphatic heterocycles. The van der Waals surface area contributed by atoms with Crippen LogP contribution in [0.15, 0.2) is 175 Å². The number of fused-ring (bicyclic) bond motifs is 9. The second-order valence-electron chi connectivity index (χ2n) is 13.1. The van der Waals surface area contributed by atoms with E-state index in [0.717, 1.165) is 66.4 Å². The van der Waals surface area contributed by atoms with Gasteiger partial charge in [-0.15, -0.1) is 0 Å². The summed E-state index contributed by atoms with van der Waals surface area (Å²) in [6, 6.07) is 55.6. The number of hydrogen-bond acceptors (Lipinski definition) is 3. The summed E-state index contributed by atoms with van der Waals surface area (Å²) in [5.74, 6) is 0.708. The van der Waals surface area contributed by atoms with Crippen molar-refractivity contribution in [2.75, 3.05) is 0 Å². The maximum absolute atomic E-state index is 6.53. The smallest absolute Gasteiger partial charge is 0.159 e. The molecule has 5 nitrogen and oxygen atoms in total. The third kappa shape index (κ3) is 4.22. The molecule has 0 atom stereocenters. The number of para-hydroxylation sites is 3. The molecule has 0 spiro atoms. The van der Waals surface area contributed by atoms with Crippen LogP contribution in [0.1, 0.15) is 0 Å². The Morgan fingerprint density at radius 3 is 1.61 bits per heavy atom. The number of hydrogen-bond donors (Lipinski definition) is 0. The fourth-order valence-electron chi connectivity index (χ4n) is 7.88. The first kappa shape index (κ1) is 27.9. The summed E-state index contributed by atoms with van der Waals surface area (Å²) in [6.07, 6.45) is 3.81. The highest BCUT2D eigenvalue weighted by Gasteiger charge is 2.17. The van der Waals surface area contributed by atoms with E-state index in [2.05, 4.69) is 149 Å². The maximum Gasteiger partial charge on any atom is 0.159 e. The van der Waals surface area contributed by atoms with Crippen molar-refractivity contribution in [2.24, 2.45) is 0 Å². The van der Waals surface area contributed by atoms with Gasteiger partial charge in [-0.2, -0.15) is 0 Å². The summed E-state index contributed by atoms with van der Waals surface area (Å²) in [5, 5.41) is 7.01. The minimum Gasteiger partial charge on any atom is -0.456 e. The van der Waals surface area contributed by atoms with Crippen LogP contribution in [0.25, 0.3) is 99.4 Å². The van der Waals surface area contributed by atoms with Crippen molar-refractivity contribution < 1.29 is 4.42 Å². The molecule has 0 bridgehead atoms. The van der Waals surface area contributed by atoms with Gasteiger partial charge in [0.15, 0.2) is 5.82 Å². The summed E-state index contributed by atoms with van der Waals surface area (Å²) >= 11 is 0. The van der Waals surface area contributed by atoms with Gasteiger partial charge in [0.25, 0.3) is 0 Å². The second-order valence-corrected chi connectivity index (χ2v) is 13.1. The van der Waals surface area contributed by atoms with E-state index in [9.17, 15) is 0 Å². The Kier molecular flexibility index (Phi) is 5.89. The Morgan fingerprint density at radius 2 is 0.922 bits per heavy atom. The van der Waals surface area contributed by atoms with Crippen molar-refractivity contribution in [3.63, 3.8) is 0 Å². The SMILES string of the molecule is c1ccc(-c2cnc(-c3ccc4c(c3)c3ccccc3n4-c3ccc4oc5cc(-n6c7ccccc7c7ccccc76)ccc5c4c3)nc2)cc1. The minimum absolute atomic E-state index is 0.708. The first-order valence-corrected chi connectivity index (χ1v) is 17.1. The van der Waals surface area contributed by atoms with Crippen LogP contribution in [0.2, 0.25) is 0 Å². The molecule has 0 aliphatic carbocycles. The Balaban J connectivity index is 1.03. The van der Waals surface area contributed by atoms with Crippen LogP contribution < -0.4 is 0 Å². The van der Waals surface area contributed by atoms with Crippen LogP contribution in [0.4, 0.5) is 0 Å². The molecule has 0 fully saturated rings. The highest BCUT2D eigenvalue weighted by molar-refractivity contribution is 6.12. The van der Waals surface area contributed by atoms with Crippen LogP contribution in [0, 0.1) is 0 Å². The first-order valence-electron chi connectivity index (χ1n) is 17.1. The van der Waals surface area contributed by atoms with Gasteiger partial charge in [-0.25, -0.2) is 9.97 Å². The van der Waals surface area contributed by atoms with Gasteiger partial charge < -0.3 is 13.6 Å². The van der Waals surface area contributed by atoms with Crippen LogP contribution in [0.3, 0.4) is 0 Å². The zero-order chi connectivity index (χ0) is 33.5. The maximum atomic E-state index is 6.53. The van der Waals surface area contributed by atoms with E-state index in [1.54, 1.807) is 0 Å². The molecule has 0 N–H and O–H groups in total. The molecular formula is C46H28N4O. The number of benzene rings is 7. The molecule has 0 saturated carbocycles. The quantitative estimate of drug-likeness (QED) is 0.190. The van der Waals surface area contributed by atoms with E-state index < -0.39 is 0 Å². The van der Waals surface area contributed by atoms with Crippen molar-refractivity contribution in [1.29, 1.82) is 0 Å². The van der Waals surface area contributed by atoms with E-state index in [1.807, 2.05) is 30.6 Å². The second kappa shape index (κ2) is 10.8. The Morgan fingerprint density at radius 1 is 0.353 bits per heavy atom. The molecular weight excluding hydrogens is 625 g/mol. The lowest BCUT2D eigenvalue weighted by molar-refractivity contribution is 0.668. The fraction of sp³-hybridized carbons (Fsp3) is 0. The van der Waals surface area contributed by atoms with Gasteiger partial charge in [0.2, 0.25) is 0 Å². The van der Waals surface area contributed by atoms with E-state index in [4.69, 9.17) is 14.4 Å². The summed E-state index contributed by atoms with van der Waals surface area (Å²) in [4.78, 5) is 9.51. The predicted octanol–water partition coefficient (Wildman–Crippen LogP) is 11.9. The molecule has 4 heterocycles. The summed E-state index contributed by atoms with van der Waals surface area (Å²) < 4.78 is 11.2. The zero-order valence-corrected chi connectivity index (χ0v) is 27.4. The van der Waals surface area contributed by atoms with E-state index in [1.165, 1.54) is 27.2 Å². The molecule has 11 aromatic rings. The van der Waals surface area contributed by atoms with Crippen LogP contribution in [0.5, 0.6) is 0 Å². The number of aromatic nitrogens is 4. The van der Waals surface area contributed by atoms with Crippen molar-refractivity contribution in [2.45, 2.75) is 0 Å². The molecule has 7 aromatic carbocycles. The molecule has 11 rings (SSSR count). The van der Waals surface area contributed by atoms with E-state index in [0.29, 0.717) is 5.82 Å². The predicted molar refractivity (Wildman–Crippen MR) is 209 cm³/mol. The third-order valence-electron chi connectivity index (χ3n) is 10.2. The molecule has 4 aromatic heterocycles. The standard InChI is InChI=1S/C46H28N4O/c1-2-10-29(11-3-1)31-27-47-46(48-28-31)30-18-22-43-38(24-30)36-14-6-9-17-42(36)49(43)32-20-23-44-39(25-32)37-21-19-33(26-45(37)51-44)50-40-15-7-4-12-34(40)35-13-5-8-16-41(35)50/h1-28H. The lowest BCUT2D eigenvalue weighted by Crippen LogP contribution is -1.94. The van der Waals surface area contributed by atoms with Crippen molar-refractivity contribution >= 4 is 65.6 Å². The van der Waals surface area contributed by atoms with Crippen molar-refractivity contribution in [3.8, 4) is 33.9 Å². The third-order valence-corrected chi connectivity index (χ3v) is 10.2. The molecule has 0 amide bonds. The Bertz CT molecular complexity index is 3080. The topological polar surface area (TPSA) is 48.8 Å². The van der Waals surface area contributed by atoms with Gasteiger partial charge >= 0.3 is 0 Å². The van der Waals surface area contributed by atoms with Gasteiger partial charge in [0.1, 0.15) is 11.2 Å². The molecule has 51 heavy (non-hydrogen) atoms. The highest BCUT2D eigenvalue weighted by Crippen LogP contribution is 2.38. The summed E-state index contributed by atoms with van der Waals surface area (Å²) in [7, 11) is 0. The molecule has 238 valence electrons. The number of rotatable bonds is 4. The molecule has 0 aliphatic rings. The highest BCUT2D eigenvalue weighted by atomic mass is 16.3. The molecule has 0 saturated heterocycles. The normalized spacial score (nSPS) is 11.9. The lowest BCUT2D eigenvalue weighted by atomic mass is 10.1. The monoisotopic (exact) mass is 652 g/mol. The van der Waals surface area contributed by atoms with Crippen LogP contribution in [-0.2, 0) is 0 Å². The Hall–Kier alpha value is -6.98. The van der Waals surface area contributed by atoms with Crippen molar-refractivity contribution in [3.05, 3.63) is 170 Å². The molecule has 0 unspecified atom stereocenters. The Labute approximate surface area is 292 Å². The zero-order valence-electron chi connectivity index (χ0n) is 27.4. The molecule has 0 radical (unpaired) electrons. The minimum atomic E-state index is 0.708. The molecule has 5 heteroatoms. The van der Waals surface area contributed by atoms with Crippen molar-refractivity contribution in [1.82, 2.24) is 19.1 Å². The fourth-order valence-corrected chi connectivity index (χ4v) is 7.88. The summed E-state index contributed by atoms with van der Waals surface area (Å²) in [6.45, 7) is 0. The average Bonchev–Trinajstić information content (AvgIpc) is 3.85. The van der Waals surface area contributed by atoms with E-state index >= 15 is 0 Å². The number of nitrogens with zero attached hydrogens (tertiary/aromatic N) is 4. The van der Waals surface area contributed by atoms with Gasteiger partial charge in [-0.05, 0) is 72.3 Å². The van der Waals surface area contributed by atoms with Crippen LogP contribution >= 0.6 is 0 Å². The number of furan rings is 1. The van der Waals surface area contributed by atoms with E-state index in [-0.39, 0.29) is 0 Å². The van der Waals surface area contributed by atoms with Crippen LogP contribution in [-0.4, -0.2) is 19.1 Å².